The Morgan fingerprint density at radius 3 is 1.61 bits per heavy atom. The molecule has 0 spiro atoms. The molecule has 3 unspecified atom stereocenters. The van der Waals surface area contributed by atoms with Gasteiger partial charge < -0.3 is 23.3 Å². The van der Waals surface area contributed by atoms with Gasteiger partial charge in [-0.1, -0.05) is 140 Å². The number of fused-ring (bicyclic) bond motifs is 12. The van der Waals surface area contributed by atoms with Crippen molar-refractivity contribution in [3.8, 4) is 57.5 Å². The highest BCUT2D eigenvalue weighted by Crippen LogP contribution is 2.55. The van der Waals surface area contributed by atoms with Crippen molar-refractivity contribution in [1.29, 1.82) is 15.8 Å². The van der Waals surface area contributed by atoms with Crippen LogP contribution in [0.1, 0.15) is 58.8 Å². The molecule has 3 aliphatic rings. The Morgan fingerprint density at radius 1 is 0.460 bits per heavy atom. The van der Waals surface area contributed by atoms with Crippen molar-refractivity contribution in [3.63, 3.8) is 0 Å². The molecular formula is C79H55N7O. The van der Waals surface area contributed by atoms with Crippen LogP contribution >= 0.6 is 0 Å². The largest absolute Gasteiger partial charge is 0.371 e. The summed E-state index contributed by atoms with van der Waals surface area (Å²) >= 11 is 0. The van der Waals surface area contributed by atoms with Gasteiger partial charge in [0.25, 0.3) is 0 Å². The standard InChI is InChI=1S/C79H55N7O/c1-78(37-34-75-69(47-78)66-16-6-10-21-74(66)85(75)61-41-53(49-81)39-57(45-61)55-24-28-59(29-25-55)83-71-18-7-3-13-63(71)64-14-4-8-19-72(64)83)87-38-35-51-22-32-67-65-15-5-9-20-73(65)84(77(67)44-51)60-30-26-56(27-31-60)58-40-54(50-82)42-62(46-58)86-76-33-23-52(48-80)43-68(76)70-17-11-12-36-79(70,86)2/h3-34,36-37,39-46,70H,35,38,47H2,1-2H3. The SMILES string of the molecule is CC1(OCCc2ccc3c4ccccc4n(-c4ccc(-c5cc(C#N)cc(N6c7ccc(C#N)cc7C7C=CC=CC76C)c5)cc4)c3c2)C=Cc2c(c3ccccc3n2-c2cc(C#N)cc(-c3ccc(-n4c5ccccc5c5ccccc54)cc3)c2)C1. The highest BCUT2D eigenvalue weighted by Gasteiger charge is 2.47. The summed E-state index contributed by atoms with van der Waals surface area (Å²) in [5.74, 6) is 0.0509. The van der Waals surface area contributed by atoms with Gasteiger partial charge >= 0.3 is 0 Å². The Hall–Kier alpha value is -11.2. The van der Waals surface area contributed by atoms with Crippen LogP contribution in [-0.2, 0) is 17.6 Å². The van der Waals surface area contributed by atoms with E-state index >= 15 is 0 Å². The van der Waals surface area contributed by atoms with Gasteiger partial charge in [-0.2, -0.15) is 15.8 Å². The second-order valence-corrected chi connectivity index (χ2v) is 23.7. The molecule has 4 heterocycles. The minimum atomic E-state index is -0.556. The van der Waals surface area contributed by atoms with E-state index in [1.165, 1.54) is 49.1 Å². The molecule has 0 saturated heterocycles. The van der Waals surface area contributed by atoms with Crippen LogP contribution in [0.3, 0.4) is 0 Å². The second kappa shape index (κ2) is 20.0. The van der Waals surface area contributed by atoms with Gasteiger partial charge in [-0.15, -0.1) is 0 Å². The van der Waals surface area contributed by atoms with Crippen molar-refractivity contribution >= 4 is 72.0 Å². The third-order valence-corrected chi connectivity index (χ3v) is 18.5. The summed E-state index contributed by atoms with van der Waals surface area (Å²) in [7, 11) is 0. The van der Waals surface area contributed by atoms with Crippen molar-refractivity contribution in [2.45, 2.75) is 43.7 Å². The van der Waals surface area contributed by atoms with Gasteiger partial charge in [0.15, 0.2) is 0 Å². The van der Waals surface area contributed by atoms with Crippen molar-refractivity contribution in [2.24, 2.45) is 0 Å². The first kappa shape index (κ1) is 51.4. The zero-order valence-electron chi connectivity index (χ0n) is 48.0. The van der Waals surface area contributed by atoms with Gasteiger partial charge in [-0.25, -0.2) is 0 Å². The second-order valence-electron chi connectivity index (χ2n) is 23.7. The quantitative estimate of drug-likeness (QED) is 0.136. The molecule has 87 heavy (non-hydrogen) atoms. The van der Waals surface area contributed by atoms with Gasteiger partial charge in [0.1, 0.15) is 0 Å². The predicted octanol–water partition coefficient (Wildman–Crippen LogP) is 18.5. The van der Waals surface area contributed by atoms with Gasteiger partial charge in [0.05, 0.1) is 80.2 Å². The number of aromatic nitrogens is 3. The minimum absolute atomic E-state index is 0.0509. The number of allylic oxidation sites excluding steroid dienone is 2. The summed E-state index contributed by atoms with van der Waals surface area (Å²) in [5, 5.41) is 36.7. The molecule has 0 bridgehead atoms. The molecule has 3 aromatic heterocycles. The molecule has 2 aliphatic carbocycles. The van der Waals surface area contributed by atoms with Gasteiger partial charge in [-0.3, -0.25) is 0 Å². The lowest BCUT2D eigenvalue weighted by atomic mass is 9.80. The van der Waals surface area contributed by atoms with Crippen LogP contribution < -0.4 is 4.90 Å². The Kier molecular flexibility index (Phi) is 11.8. The summed E-state index contributed by atoms with van der Waals surface area (Å²) in [4.78, 5) is 2.33. The molecule has 0 radical (unpaired) electrons. The number of anilines is 2. The van der Waals surface area contributed by atoms with E-state index in [0.717, 1.165) is 84.9 Å². The fourth-order valence-corrected chi connectivity index (χ4v) is 14.4. The topological polar surface area (TPSA) is 98.6 Å². The van der Waals surface area contributed by atoms with E-state index in [-0.39, 0.29) is 5.92 Å². The van der Waals surface area contributed by atoms with E-state index in [0.29, 0.717) is 29.7 Å². The predicted molar refractivity (Wildman–Crippen MR) is 352 cm³/mol. The van der Waals surface area contributed by atoms with Crippen molar-refractivity contribution < 1.29 is 4.74 Å². The summed E-state index contributed by atoms with van der Waals surface area (Å²) in [6.07, 6.45) is 14.5. The first-order chi connectivity index (χ1) is 42.7. The number of ether oxygens (including phenoxy) is 1. The number of nitrogens with zero attached hydrogens (tertiary/aromatic N) is 7. The smallest absolute Gasteiger partial charge is 0.0992 e. The zero-order valence-corrected chi connectivity index (χ0v) is 48.0. The van der Waals surface area contributed by atoms with E-state index in [1.807, 2.05) is 42.5 Å². The molecule has 10 aromatic carbocycles. The van der Waals surface area contributed by atoms with E-state index in [9.17, 15) is 15.8 Å². The van der Waals surface area contributed by atoms with E-state index in [2.05, 4.69) is 263 Å². The number of rotatable bonds is 10. The average molecular weight is 1120 g/mol. The normalized spacial score (nSPS) is 17.4. The van der Waals surface area contributed by atoms with Crippen LogP contribution in [0.4, 0.5) is 11.4 Å². The molecule has 412 valence electrons. The number of nitriles is 3. The lowest BCUT2D eigenvalue weighted by Gasteiger charge is -2.39. The monoisotopic (exact) mass is 1120 g/mol. The Bertz CT molecular complexity index is 5210. The van der Waals surface area contributed by atoms with Crippen molar-refractivity contribution in [2.75, 3.05) is 11.5 Å². The fraction of sp³-hybridized carbons (Fsp3) is 0.101. The first-order valence-electron chi connectivity index (χ1n) is 29.7. The van der Waals surface area contributed by atoms with Crippen LogP contribution in [0.25, 0.3) is 99.9 Å². The highest BCUT2D eigenvalue weighted by atomic mass is 16.5. The molecule has 0 fully saturated rings. The number of para-hydroxylation sites is 4. The molecule has 1 aliphatic heterocycles. The van der Waals surface area contributed by atoms with Crippen LogP contribution in [0, 0.1) is 34.0 Å². The molecule has 0 N–H and O–H groups in total. The lowest BCUT2D eigenvalue weighted by molar-refractivity contribution is 0.00756. The molecule has 8 nitrogen and oxygen atoms in total. The third kappa shape index (κ3) is 8.28. The average Bonchev–Trinajstić information content (AvgIpc) is 1.70. The van der Waals surface area contributed by atoms with Crippen molar-refractivity contribution in [1.82, 2.24) is 13.7 Å². The van der Waals surface area contributed by atoms with E-state index < -0.39 is 11.1 Å². The molecule has 8 heteroatoms. The summed E-state index contributed by atoms with van der Waals surface area (Å²) in [5.41, 5.74) is 20.1. The van der Waals surface area contributed by atoms with E-state index in [1.54, 1.807) is 0 Å². The Balaban J connectivity index is 0.669. The minimum Gasteiger partial charge on any atom is -0.371 e. The molecule has 0 amide bonds. The van der Waals surface area contributed by atoms with Gasteiger partial charge in [0, 0.05) is 73.4 Å². The van der Waals surface area contributed by atoms with Crippen LogP contribution in [0.2, 0.25) is 0 Å². The fourth-order valence-electron chi connectivity index (χ4n) is 14.4. The number of benzene rings is 10. The van der Waals surface area contributed by atoms with E-state index in [4.69, 9.17) is 4.74 Å². The summed E-state index contributed by atoms with van der Waals surface area (Å²) in [6.45, 7) is 4.95. The highest BCUT2D eigenvalue weighted by molar-refractivity contribution is 6.10. The first-order valence-corrected chi connectivity index (χ1v) is 29.7. The lowest BCUT2D eigenvalue weighted by Crippen LogP contribution is -2.42. The summed E-state index contributed by atoms with van der Waals surface area (Å²) < 4.78 is 14.0. The number of hydrogen-bond acceptors (Lipinski definition) is 5. The molecule has 13 aromatic rings. The third-order valence-electron chi connectivity index (χ3n) is 18.5. The number of hydrogen-bond donors (Lipinski definition) is 0. The van der Waals surface area contributed by atoms with Crippen molar-refractivity contribution in [3.05, 3.63) is 288 Å². The zero-order chi connectivity index (χ0) is 58.5. The molecule has 16 rings (SSSR count). The van der Waals surface area contributed by atoms with Gasteiger partial charge in [0.2, 0.25) is 0 Å². The van der Waals surface area contributed by atoms with Crippen LogP contribution in [0.5, 0.6) is 0 Å². The molecular weight excluding hydrogens is 1060 g/mol. The maximum Gasteiger partial charge on any atom is 0.0992 e. The van der Waals surface area contributed by atoms with Crippen LogP contribution in [0.15, 0.2) is 249 Å². The maximum absolute atomic E-state index is 10.5. The van der Waals surface area contributed by atoms with Crippen LogP contribution in [-0.4, -0.2) is 31.4 Å². The molecule has 3 atom stereocenters. The summed E-state index contributed by atoms with van der Waals surface area (Å²) in [6, 6.07) is 84.1. The maximum atomic E-state index is 10.5. The Labute approximate surface area is 504 Å². The Morgan fingerprint density at radius 2 is 1.00 bits per heavy atom. The van der Waals surface area contributed by atoms with Gasteiger partial charge in [-0.05, 0) is 174 Å². The molecule has 0 saturated carbocycles.